The Labute approximate surface area is 166 Å². The second-order valence-corrected chi connectivity index (χ2v) is 6.94. The third kappa shape index (κ3) is 4.39. The number of nitrogens with one attached hydrogen (secondary N) is 2. The Morgan fingerprint density at radius 2 is 1.71 bits per heavy atom. The molecule has 1 amide bonds. The summed E-state index contributed by atoms with van der Waals surface area (Å²) >= 11 is 0. The molecule has 0 spiro atoms. The van der Waals surface area contributed by atoms with Crippen LogP contribution in [0.1, 0.15) is 34.8 Å². The van der Waals surface area contributed by atoms with Crippen molar-refractivity contribution in [2.45, 2.75) is 18.9 Å². The summed E-state index contributed by atoms with van der Waals surface area (Å²) in [6.07, 6.45) is 2.44. The van der Waals surface area contributed by atoms with Crippen molar-refractivity contribution < 1.29 is 23.9 Å². The number of carbonyl (C=O) groups excluding carboxylic acids is 1. The van der Waals surface area contributed by atoms with Crippen LogP contribution in [-0.2, 0) is 0 Å². The van der Waals surface area contributed by atoms with Crippen LogP contribution >= 0.6 is 0 Å². The van der Waals surface area contributed by atoms with Gasteiger partial charge >= 0.3 is 0 Å². The fourth-order valence-corrected chi connectivity index (χ4v) is 3.87. The van der Waals surface area contributed by atoms with Gasteiger partial charge in [-0.3, -0.25) is 4.79 Å². The molecule has 0 aliphatic carbocycles. The summed E-state index contributed by atoms with van der Waals surface area (Å²) in [5.41, 5.74) is 1.68. The van der Waals surface area contributed by atoms with Crippen molar-refractivity contribution in [3.63, 3.8) is 0 Å². The molecule has 2 N–H and O–H groups in total. The van der Waals surface area contributed by atoms with Gasteiger partial charge in [0.15, 0.2) is 11.5 Å². The lowest BCUT2D eigenvalue weighted by molar-refractivity contribution is -0.918. The summed E-state index contributed by atoms with van der Waals surface area (Å²) in [6.45, 7) is 2.80. The summed E-state index contributed by atoms with van der Waals surface area (Å²) in [5.74, 6) is 1.68. The van der Waals surface area contributed by atoms with Gasteiger partial charge in [-0.15, -0.1) is 0 Å². The average Bonchev–Trinajstić information content (AvgIpc) is 3.28. The highest BCUT2D eigenvalue weighted by molar-refractivity contribution is 5.97. The number of amides is 1. The highest BCUT2D eigenvalue weighted by Gasteiger charge is 2.28. The van der Waals surface area contributed by atoms with E-state index >= 15 is 0 Å². The molecule has 3 rings (SSSR count). The van der Waals surface area contributed by atoms with Gasteiger partial charge in [0, 0.05) is 18.4 Å². The summed E-state index contributed by atoms with van der Waals surface area (Å²) in [4.78, 5) is 14.4. The van der Waals surface area contributed by atoms with Gasteiger partial charge in [-0.1, -0.05) is 6.07 Å². The van der Waals surface area contributed by atoms with Gasteiger partial charge in [0.1, 0.15) is 11.8 Å². The molecule has 28 heavy (non-hydrogen) atoms. The summed E-state index contributed by atoms with van der Waals surface area (Å²) < 4.78 is 16.0. The van der Waals surface area contributed by atoms with E-state index in [1.54, 1.807) is 39.5 Å². The van der Waals surface area contributed by atoms with E-state index in [1.165, 1.54) is 23.3 Å². The molecule has 0 bridgehead atoms. The number of benzene rings is 2. The SMILES string of the molecule is COc1ccc([C@@H](CNC(=O)c2cccc(OC)c2OC)[NH+]2CCCC2)cc1. The Kier molecular flexibility index (Phi) is 6.76. The van der Waals surface area contributed by atoms with Gasteiger partial charge in [-0.05, 0) is 36.4 Å². The van der Waals surface area contributed by atoms with Gasteiger partial charge in [-0.2, -0.15) is 0 Å². The molecule has 150 valence electrons. The predicted octanol–water partition coefficient (Wildman–Crippen LogP) is 1.86. The van der Waals surface area contributed by atoms with Gasteiger partial charge < -0.3 is 24.4 Å². The van der Waals surface area contributed by atoms with E-state index in [1.807, 2.05) is 12.1 Å². The number of methoxy groups -OCH3 is 3. The topological polar surface area (TPSA) is 61.2 Å². The van der Waals surface area contributed by atoms with Crippen LogP contribution in [-0.4, -0.2) is 46.9 Å². The van der Waals surface area contributed by atoms with Crippen LogP contribution in [0.4, 0.5) is 0 Å². The molecular weight excluding hydrogens is 356 g/mol. The molecule has 0 radical (unpaired) electrons. The van der Waals surface area contributed by atoms with E-state index < -0.39 is 0 Å². The lowest BCUT2D eigenvalue weighted by atomic mass is 10.0. The van der Waals surface area contributed by atoms with E-state index in [9.17, 15) is 4.79 Å². The Hall–Kier alpha value is -2.73. The predicted molar refractivity (Wildman–Crippen MR) is 108 cm³/mol. The van der Waals surface area contributed by atoms with Crippen LogP contribution in [0.2, 0.25) is 0 Å². The largest absolute Gasteiger partial charge is 0.497 e. The van der Waals surface area contributed by atoms with Gasteiger partial charge in [0.25, 0.3) is 5.91 Å². The number of hydrogen-bond acceptors (Lipinski definition) is 4. The van der Waals surface area contributed by atoms with Crippen molar-refractivity contribution >= 4 is 5.91 Å². The van der Waals surface area contributed by atoms with Crippen molar-refractivity contribution in [3.05, 3.63) is 53.6 Å². The second kappa shape index (κ2) is 9.46. The smallest absolute Gasteiger partial charge is 0.255 e. The Morgan fingerprint density at radius 3 is 2.32 bits per heavy atom. The van der Waals surface area contributed by atoms with E-state index in [4.69, 9.17) is 14.2 Å². The van der Waals surface area contributed by atoms with Crippen molar-refractivity contribution in [1.82, 2.24) is 5.32 Å². The Balaban J connectivity index is 1.77. The van der Waals surface area contributed by atoms with E-state index in [0.29, 0.717) is 23.6 Å². The number of ether oxygens (including phenoxy) is 3. The maximum Gasteiger partial charge on any atom is 0.255 e. The molecule has 1 aliphatic heterocycles. The van der Waals surface area contributed by atoms with Gasteiger partial charge in [0.2, 0.25) is 0 Å². The molecule has 2 aromatic carbocycles. The number of hydrogen-bond donors (Lipinski definition) is 2. The van der Waals surface area contributed by atoms with Crippen molar-refractivity contribution in [2.75, 3.05) is 41.0 Å². The zero-order valence-electron chi connectivity index (χ0n) is 16.8. The number of quaternary nitrogens is 1. The number of likely N-dealkylation sites (tertiary alicyclic amines) is 1. The highest BCUT2D eigenvalue weighted by Crippen LogP contribution is 2.30. The lowest BCUT2D eigenvalue weighted by Crippen LogP contribution is -3.11. The zero-order valence-corrected chi connectivity index (χ0v) is 16.8. The first kappa shape index (κ1) is 20.0. The standard InChI is InChI=1S/C22H28N2O4/c1-26-17-11-9-16(10-12-17)19(24-13-4-5-14-24)15-23-22(25)18-7-6-8-20(27-2)21(18)28-3/h6-12,19H,4-5,13-15H2,1-3H3,(H,23,25)/p+1/t19-/m1/s1. The second-order valence-electron chi connectivity index (χ2n) is 6.94. The minimum absolute atomic E-state index is 0.159. The molecule has 6 nitrogen and oxygen atoms in total. The normalized spacial score (nSPS) is 15.1. The first-order chi connectivity index (χ1) is 13.7. The van der Waals surface area contributed by atoms with Gasteiger partial charge in [0.05, 0.1) is 46.5 Å². The summed E-state index contributed by atoms with van der Waals surface area (Å²) in [6, 6.07) is 13.7. The third-order valence-electron chi connectivity index (χ3n) is 5.37. The highest BCUT2D eigenvalue weighted by atomic mass is 16.5. The maximum absolute atomic E-state index is 12.9. The molecule has 1 atom stereocenters. The monoisotopic (exact) mass is 385 g/mol. The first-order valence-corrected chi connectivity index (χ1v) is 9.65. The lowest BCUT2D eigenvalue weighted by Gasteiger charge is -2.25. The fraction of sp³-hybridized carbons (Fsp3) is 0.409. The first-order valence-electron chi connectivity index (χ1n) is 9.65. The average molecular weight is 385 g/mol. The van der Waals surface area contributed by atoms with Crippen LogP contribution in [0.5, 0.6) is 17.2 Å². The van der Waals surface area contributed by atoms with Crippen molar-refractivity contribution in [2.24, 2.45) is 0 Å². The molecular formula is C22H29N2O4+. The molecule has 1 fully saturated rings. The quantitative estimate of drug-likeness (QED) is 0.728. The molecule has 0 saturated carbocycles. The van der Waals surface area contributed by atoms with Crippen molar-refractivity contribution in [3.8, 4) is 17.2 Å². The Morgan fingerprint density at radius 1 is 1.00 bits per heavy atom. The van der Waals surface area contributed by atoms with E-state index in [0.717, 1.165) is 18.8 Å². The maximum atomic E-state index is 12.9. The minimum Gasteiger partial charge on any atom is -0.497 e. The van der Waals surface area contributed by atoms with Crippen LogP contribution < -0.4 is 24.4 Å². The Bertz CT molecular complexity index is 786. The molecule has 1 saturated heterocycles. The molecule has 1 aliphatic rings. The van der Waals surface area contributed by atoms with Crippen LogP contribution in [0, 0.1) is 0 Å². The van der Waals surface area contributed by atoms with Crippen molar-refractivity contribution in [1.29, 1.82) is 0 Å². The molecule has 0 unspecified atom stereocenters. The number of carbonyl (C=O) groups is 1. The fourth-order valence-electron chi connectivity index (χ4n) is 3.87. The molecule has 6 heteroatoms. The summed E-state index contributed by atoms with van der Waals surface area (Å²) in [5, 5.41) is 3.10. The van der Waals surface area contributed by atoms with Crippen LogP contribution in [0.15, 0.2) is 42.5 Å². The van der Waals surface area contributed by atoms with E-state index in [-0.39, 0.29) is 11.9 Å². The number of para-hydroxylation sites is 1. The zero-order chi connectivity index (χ0) is 19.9. The van der Waals surface area contributed by atoms with Gasteiger partial charge in [-0.25, -0.2) is 0 Å². The van der Waals surface area contributed by atoms with Crippen LogP contribution in [0.3, 0.4) is 0 Å². The van der Waals surface area contributed by atoms with E-state index in [2.05, 4.69) is 17.4 Å². The van der Waals surface area contributed by atoms with Crippen LogP contribution in [0.25, 0.3) is 0 Å². The summed E-state index contributed by atoms with van der Waals surface area (Å²) in [7, 11) is 4.78. The molecule has 0 aromatic heterocycles. The third-order valence-corrected chi connectivity index (χ3v) is 5.37. The minimum atomic E-state index is -0.159. The number of rotatable bonds is 8. The molecule has 1 heterocycles. The molecule has 2 aromatic rings.